The Labute approximate surface area is 133 Å². The van der Waals surface area contributed by atoms with Crippen molar-refractivity contribution in [3.8, 4) is 0 Å². The number of benzene rings is 1. The normalized spacial score (nSPS) is 20.2. The Hall–Kier alpha value is -0.950. The Kier molecular flexibility index (Phi) is 6.37. The van der Waals surface area contributed by atoms with Gasteiger partial charge in [0.1, 0.15) is 0 Å². The van der Waals surface area contributed by atoms with Crippen LogP contribution >= 0.6 is 0 Å². The molecule has 22 heavy (non-hydrogen) atoms. The predicted octanol–water partition coefficient (Wildman–Crippen LogP) is 2.16. The van der Waals surface area contributed by atoms with Gasteiger partial charge in [-0.1, -0.05) is 26.0 Å². The number of nitrogens with zero attached hydrogens (tertiary/aromatic N) is 1. The fraction of sp³-hybridized carbons (Fsp3) is 0.625. The Bertz CT molecular complexity index is 573. The van der Waals surface area contributed by atoms with E-state index in [1.54, 1.807) is 12.1 Å². The van der Waals surface area contributed by atoms with Gasteiger partial charge in [0, 0.05) is 13.1 Å². The maximum absolute atomic E-state index is 12.3. The minimum atomic E-state index is -3.42. The molecule has 1 fully saturated rings. The maximum Gasteiger partial charge on any atom is 0.240 e. The third kappa shape index (κ3) is 4.29. The van der Waals surface area contributed by atoms with Gasteiger partial charge < -0.3 is 4.74 Å². The van der Waals surface area contributed by atoms with Crippen LogP contribution in [0.1, 0.15) is 38.3 Å². The number of ether oxygens (including phenoxy) is 1. The van der Waals surface area contributed by atoms with Gasteiger partial charge in [0.05, 0.1) is 24.2 Å². The second-order valence-corrected chi connectivity index (χ2v) is 7.36. The summed E-state index contributed by atoms with van der Waals surface area (Å²) in [6.45, 7) is 7.81. The largest absolute Gasteiger partial charge is 0.378 e. The third-order valence-electron chi connectivity index (χ3n) is 3.85. The van der Waals surface area contributed by atoms with Crippen LogP contribution in [0.5, 0.6) is 0 Å². The van der Waals surface area contributed by atoms with Crippen LogP contribution in [-0.4, -0.2) is 46.2 Å². The summed E-state index contributed by atoms with van der Waals surface area (Å²) in [6, 6.07) is 7.36. The SMILES string of the molecule is CCCNS(=O)(=O)c1cccc(C2COCCN2CCC)c1. The second kappa shape index (κ2) is 8.06. The fourth-order valence-corrected chi connectivity index (χ4v) is 3.90. The average molecular weight is 326 g/mol. The van der Waals surface area contributed by atoms with E-state index in [4.69, 9.17) is 4.74 Å². The van der Waals surface area contributed by atoms with E-state index in [1.165, 1.54) is 0 Å². The molecule has 2 rings (SSSR count). The molecular weight excluding hydrogens is 300 g/mol. The topological polar surface area (TPSA) is 58.6 Å². The molecule has 1 atom stereocenters. The number of morpholine rings is 1. The highest BCUT2D eigenvalue weighted by atomic mass is 32.2. The molecule has 0 aromatic heterocycles. The number of rotatable bonds is 7. The molecule has 5 nitrogen and oxygen atoms in total. The fourth-order valence-electron chi connectivity index (χ4n) is 2.71. The summed E-state index contributed by atoms with van der Waals surface area (Å²) in [4.78, 5) is 2.70. The van der Waals surface area contributed by atoms with Gasteiger partial charge in [-0.3, -0.25) is 4.90 Å². The van der Waals surface area contributed by atoms with E-state index in [0.29, 0.717) is 18.0 Å². The van der Waals surface area contributed by atoms with Crippen LogP contribution in [0.15, 0.2) is 29.2 Å². The van der Waals surface area contributed by atoms with Crippen molar-refractivity contribution in [1.29, 1.82) is 0 Å². The molecule has 0 saturated carbocycles. The standard InChI is InChI=1S/C16H26N2O3S/c1-3-8-17-22(19,20)15-7-5-6-14(12-15)16-13-21-11-10-18(16)9-4-2/h5-7,12,16-17H,3-4,8-11,13H2,1-2H3. The molecule has 1 unspecified atom stereocenters. The molecule has 0 radical (unpaired) electrons. The predicted molar refractivity (Wildman–Crippen MR) is 87.3 cm³/mol. The summed E-state index contributed by atoms with van der Waals surface area (Å²) in [5.74, 6) is 0. The van der Waals surface area contributed by atoms with E-state index in [0.717, 1.165) is 38.1 Å². The lowest BCUT2D eigenvalue weighted by Crippen LogP contribution is -2.40. The lowest BCUT2D eigenvalue weighted by Gasteiger charge is -2.35. The molecule has 1 aromatic rings. The number of hydrogen-bond donors (Lipinski definition) is 1. The lowest BCUT2D eigenvalue weighted by atomic mass is 10.0. The van der Waals surface area contributed by atoms with Gasteiger partial charge in [-0.2, -0.15) is 0 Å². The highest BCUT2D eigenvalue weighted by Crippen LogP contribution is 2.26. The van der Waals surface area contributed by atoms with Crippen LogP contribution in [0.25, 0.3) is 0 Å². The molecule has 124 valence electrons. The monoisotopic (exact) mass is 326 g/mol. The van der Waals surface area contributed by atoms with Gasteiger partial charge >= 0.3 is 0 Å². The van der Waals surface area contributed by atoms with Crippen molar-refractivity contribution >= 4 is 10.0 Å². The molecule has 1 heterocycles. The molecule has 6 heteroatoms. The first-order valence-electron chi connectivity index (χ1n) is 8.00. The van der Waals surface area contributed by atoms with Gasteiger partial charge in [-0.05, 0) is 37.1 Å². The van der Waals surface area contributed by atoms with Crippen molar-refractivity contribution in [3.63, 3.8) is 0 Å². The molecule has 1 aromatic carbocycles. The van der Waals surface area contributed by atoms with Crippen LogP contribution in [0, 0.1) is 0 Å². The Morgan fingerprint density at radius 3 is 2.86 bits per heavy atom. The van der Waals surface area contributed by atoms with Crippen LogP contribution in [0.4, 0.5) is 0 Å². The van der Waals surface area contributed by atoms with E-state index in [1.807, 2.05) is 19.1 Å². The van der Waals surface area contributed by atoms with Gasteiger partial charge in [-0.15, -0.1) is 0 Å². The van der Waals surface area contributed by atoms with E-state index in [9.17, 15) is 8.42 Å². The third-order valence-corrected chi connectivity index (χ3v) is 5.30. The zero-order valence-corrected chi connectivity index (χ0v) is 14.2. The van der Waals surface area contributed by atoms with Crippen LogP contribution in [0.2, 0.25) is 0 Å². The minimum absolute atomic E-state index is 0.134. The molecule has 1 saturated heterocycles. The Morgan fingerprint density at radius 2 is 2.14 bits per heavy atom. The van der Waals surface area contributed by atoms with Crippen molar-refractivity contribution in [2.45, 2.75) is 37.6 Å². The quantitative estimate of drug-likeness (QED) is 0.834. The van der Waals surface area contributed by atoms with Crippen molar-refractivity contribution in [1.82, 2.24) is 9.62 Å². The molecule has 1 N–H and O–H groups in total. The first-order chi connectivity index (χ1) is 10.6. The molecule has 0 bridgehead atoms. The van der Waals surface area contributed by atoms with Crippen LogP contribution in [-0.2, 0) is 14.8 Å². The number of hydrogen-bond acceptors (Lipinski definition) is 4. The lowest BCUT2D eigenvalue weighted by molar-refractivity contribution is -0.00837. The molecule has 1 aliphatic heterocycles. The minimum Gasteiger partial charge on any atom is -0.378 e. The van der Waals surface area contributed by atoms with E-state index in [-0.39, 0.29) is 6.04 Å². The second-order valence-electron chi connectivity index (χ2n) is 5.60. The smallest absolute Gasteiger partial charge is 0.240 e. The molecule has 0 aliphatic carbocycles. The van der Waals surface area contributed by atoms with Gasteiger partial charge in [0.25, 0.3) is 0 Å². The van der Waals surface area contributed by atoms with Crippen LogP contribution < -0.4 is 4.72 Å². The highest BCUT2D eigenvalue weighted by Gasteiger charge is 2.25. The van der Waals surface area contributed by atoms with Crippen LogP contribution in [0.3, 0.4) is 0 Å². The Morgan fingerprint density at radius 1 is 1.32 bits per heavy atom. The van der Waals surface area contributed by atoms with Crippen molar-refractivity contribution in [2.24, 2.45) is 0 Å². The van der Waals surface area contributed by atoms with E-state index in [2.05, 4.69) is 16.5 Å². The zero-order valence-electron chi connectivity index (χ0n) is 13.4. The Balaban J connectivity index is 2.23. The van der Waals surface area contributed by atoms with Crippen molar-refractivity contribution in [3.05, 3.63) is 29.8 Å². The zero-order chi connectivity index (χ0) is 16.0. The molecular formula is C16H26N2O3S. The number of sulfonamides is 1. The van der Waals surface area contributed by atoms with Crippen molar-refractivity contribution < 1.29 is 13.2 Å². The summed E-state index contributed by atoms with van der Waals surface area (Å²) in [5, 5.41) is 0. The summed E-state index contributed by atoms with van der Waals surface area (Å²) in [5.41, 5.74) is 1.01. The van der Waals surface area contributed by atoms with Gasteiger partial charge in [0.2, 0.25) is 10.0 Å². The van der Waals surface area contributed by atoms with Crippen molar-refractivity contribution in [2.75, 3.05) is 32.8 Å². The first-order valence-corrected chi connectivity index (χ1v) is 9.48. The number of nitrogens with one attached hydrogen (secondary N) is 1. The average Bonchev–Trinajstić information content (AvgIpc) is 2.54. The highest BCUT2D eigenvalue weighted by molar-refractivity contribution is 7.89. The first kappa shape index (κ1) is 17.4. The molecule has 0 spiro atoms. The summed E-state index contributed by atoms with van der Waals surface area (Å²) < 4.78 is 32.8. The van der Waals surface area contributed by atoms with E-state index < -0.39 is 10.0 Å². The summed E-state index contributed by atoms with van der Waals surface area (Å²) in [7, 11) is -3.42. The summed E-state index contributed by atoms with van der Waals surface area (Å²) >= 11 is 0. The summed E-state index contributed by atoms with van der Waals surface area (Å²) in [6.07, 6.45) is 1.85. The van der Waals surface area contributed by atoms with Gasteiger partial charge in [0.15, 0.2) is 0 Å². The molecule has 0 amide bonds. The van der Waals surface area contributed by atoms with Gasteiger partial charge in [-0.25, -0.2) is 13.1 Å². The maximum atomic E-state index is 12.3. The van der Waals surface area contributed by atoms with E-state index >= 15 is 0 Å². The molecule has 1 aliphatic rings.